The zero-order valence-electron chi connectivity index (χ0n) is 12.2. The molecule has 1 amide bonds. The van der Waals surface area contributed by atoms with Crippen molar-refractivity contribution >= 4 is 5.91 Å². The molecule has 5 heteroatoms. The summed E-state index contributed by atoms with van der Waals surface area (Å²) in [6, 6.07) is 2.20. The summed E-state index contributed by atoms with van der Waals surface area (Å²) in [6.07, 6.45) is 5.57. The van der Waals surface area contributed by atoms with E-state index in [1.54, 1.807) is 6.92 Å². The number of rotatable bonds is 4. The van der Waals surface area contributed by atoms with Gasteiger partial charge in [-0.05, 0) is 39.2 Å². The van der Waals surface area contributed by atoms with E-state index in [9.17, 15) is 9.59 Å². The molecule has 0 bridgehead atoms. The second kappa shape index (κ2) is 6.70. The summed E-state index contributed by atoms with van der Waals surface area (Å²) in [5.41, 5.74) is 0.738. The quantitative estimate of drug-likeness (QED) is 0.777. The molecule has 1 aliphatic carbocycles. The average Bonchev–Trinajstić information content (AvgIpc) is 2.41. The molecule has 5 nitrogen and oxygen atoms in total. The topological polar surface area (TPSA) is 74.0 Å². The third-order valence-corrected chi connectivity index (χ3v) is 3.86. The number of aromatic amines is 1. The lowest BCUT2D eigenvalue weighted by Gasteiger charge is -2.29. The van der Waals surface area contributed by atoms with E-state index in [0.29, 0.717) is 6.04 Å². The maximum absolute atomic E-state index is 12.1. The normalized spacial score (nSPS) is 22.5. The van der Waals surface area contributed by atoms with Crippen LogP contribution < -0.4 is 16.1 Å². The lowest BCUT2D eigenvalue weighted by atomic mass is 9.91. The predicted molar refractivity (Wildman–Crippen MR) is 79.0 cm³/mol. The molecule has 3 N–H and O–H groups in total. The number of carbonyl (C=O) groups is 1. The van der Waals surface area contributed by atoms with E-state index in [2.05, 4.69) is 22.5 Å². The Hall–Kier alpha value is -1.62. The second-order valence-electron chi connectivity index (χ2n) is 5.47. The lowest BCUT2D eigenvalue weighted by molar-refractivity contribution is 0.0923. The molecular weight excluding hydrogens is 254 g/mol. The number of hydrogen-bond acceptors (Lipinski definition) is 3. The Kier molecular flexibility index (Phi) is 4.95. The second-order valence-corrected chi connectivity index (χ2v) is 5.47. The van der Waals surface area contributed by atoms with Crippen molar-refractivity contribution in [3.8, 4) is 0 Å². The van der Waals surface area contributed by atoms with Crippen LogP contribution in [0.3, 0.4) is 0 Å². The number of pyridine rings is 1. The number of aromatic nitrogens is 1. The Morgan fingerprint density at radius 1 is 1.30 bits per heavy atom. The van der Waals surface area contributed by atoms with E-state index in [0.717, 1.165) is 37.9 Å². The zero-order valence-corrected chi connectivity index (χ0v) is 12.2. The average molecular weight is 277 g/mol. The molecule has 1 fully saturated rings. The number of aryl methyl sites for hydroxylation is 1. The van der Waals surface area contributed by atoms with Crippen LogP contribution in [-0.4, -0.2) is 29.5 Å². The number of carbonyl (C=O) groups excluding carboxylic acids is 1. The van der Waals surface area contributed by atoms with Crippen LogP contribution in [0, 0.1) is 6.92 Å². The number of nitrogens with one attached hydrogen (secondary N) is 3. The van der Waals surface area contributed by atoms with Crippen LogP contribution in [0.25, 0.3) is 0 Å². The van der Waals surface area contributed by atoms with Crippen molar-refractivity contribution in [2.75, 3.05) is 6.54 Å². The van der Waals surface area contributed by atoms with Gasteiger partial charge in [0.2, 0.25) is 0 Å². The monoisotopic (exact) mass is 277 g/mol. The minimum atomic E-state index is -0.266. The Bertz CT molecular complexity index is 516. The Morgan fingerprint density at radius 2 is 1.95 bits per heavy atom. The maximum atomic E-state index is 12.1. The standard InChI is InChI=1S/C15H23N3O2/c1-3-16-11-4-6-12(7-5-11)18-15(20)13-9-17-10(2)8-14(13)19/h8-9,11-12,16H,3-7H2,1-2H3,(H,17,19)(H,18,20). The first kappa shape index (κ1) is 14.8. The molecule has 1 aromatic heterocycles. The molecule has 1 aromatic rings. The van der Waals surface area contributed by atoms with Gasteiger partial charge in [-0.25, -0.2) is 0 Å². The fourth-order valence-corrected chi connectivity index (χ4v) is 2.74. The molecule has 0 aliphatic heterocycles. The van der Waals surface area contributed by atoms with Crippen molar-refractivity contribution in [3.63, 3.8) is 0 Å². The molecule has 20 heavy (non-hydrogen) atoms. The van der Waals surface area contributed by atoms with Crippen LogP contribution in [-0.2, 0) is 0 Å². The molecule has 0 unspecified atom stereocenters. The largest absolute Gasteiger partial charge is 0.364 e. The number of amides is 1. The highest BCUT2D eigenvalue weighted by Gasteiger charge is 2.22. The molecule has 1 heterocycles. The maximum Gasteiger partial charge on any atom is 0.256 e. The summed E-state index contributed by atoms with van der Waals surface area (Å²) in [5.74, 6) is -0.266. The first-order valence-electron chi connectivity index (χ1n) is 7.33. The van der Waals surface area contributed by atoms with Crippen LogP contribution in [0.15, 0.2) is 17.1 Å². The zero-order chi connectivity index (χ0) is 14.5. The van der Waals surface area contributed by atoms with Crippen molar-refractivity contribution in [1.82, 2.24) is 15.6 Å². The molecule has 0 atom stereocenters. The van der Waals surface area contributed by atoms with Crippen LogP contribution in [0.5, 0.6) is 0 Å². The highest BCUT2D eigenvalue weighted by molar-refractivity contribution is 5.93. The minimum Gasteiger partial charge on any atom is -0.364 e. The third-order valence-electron chi connectivity index (χ3n) is 3.86. The van der Waals surface area contributed by atoms with Crippen LogP contribution in [0.1, 0.15) is 48.7 Å². The van der Waals surface area contributed by atoms with Gasteiger partial charge in [-0.3, -0.25) is 9.59 Å². The Morgan fingerprint density at radius 3 is 2.55 bits per heavy atom. The summed E-state index contributed by atoms with van der Waals surface area (Å²) in [6.45, 7) is 4.89. The van der Waals surface area contributed by atoms with Crippen molar-refractivity contribution < 1.29 is 4.79 Å². The lowest BCUT2D eigenvalue weighted by Crippen LogP contribution is -2.43. The first-order chi connectivity index (χ1) is 9.60. The summed E-state index contributed by atoms with van der Waals surface area (Å²) in [4.78, 5) is 26.8. The van der Waals surface area contributed by atoms with E-state index < -0.39 is 0 Å². The van der Waals surface area contributed by atoms with Gasteiger partial charge in [-0.15, -0.1) is 0 Å². The van der Waals surface area contributed by atoms with Crippen molar-refractivity contribution in [1.29, 1.82) is 0 Å². The van der Waals surface area contributed by atoms with Gasteiger partial charge >= 0.3 is 0 Å². The summed E-state index contributed by atoms with van der Waals surface area (Å²) in [5, 5.41) is 6.41. The van der Waals surface area contributed by atoms with Crippen molar-refractivity contribution in [2.45, 2.75) is 51.6 Å². The van der Waals surface area contributed by atoms with E-state index >= 15 is 0 Å². The summed E-state index contributed by atoms with van der Waals surface area (Å²) in [7, 11) is 0. The van der Waals surface area contributed by atoms with Gasteiger partial charge < -0.3 is 15.6 Å². The number of hydrogen-bond donors (Lipinski definition) is 3. The van der Waals surface area contributed by atoms with Crippen molar-refractivity contribution in [2.24, 2.45) is 0 Å². The van der Waals surface area contributed by atoms with E-state index in [1.165, 1.54) is 12.3 Å². The highest BCUT2D eigenvalue weighted by Crippen LogP contribution is 2.18. The van der Waals surface area contributed by atoms with Crippen LogP contribution in [0.4, 0.5) is 0 Å². The molecule has 2 rings (SSSR count). The highest BCUT2D eigenvalue weighted by atomic mass is 16.2. The summed E-state index contributed by atoms with van der Waals surface area (Å²) >= 11 is 0. The van der Waals surface area contributed by atoms with E-state index in [4.69, 9.17) is 0 Å². The van der Waals surface area contributed by atoms with E-state index in [1.807, 2.05) is 0 Å². The van der Waals surface area contributed by atoms with Crippen molar-refractivity contribution in [3.05, 3.63) is 33.7 Å². The third kappa shape index (κ3) is 3.70. The molecule has 0 aromatic carbocycles. The van der Waals surface area contributed by atoms with Gasteiger partial charge in [0, 0.05) is 30.0 Å². The van der Waals surface area contributed by atoms with Crippen LogP contribution >= 0.6 is 0 Å². The molecular formula is C15H23N3O2. The van der Waals surface area contributed by atoms with Gasteiger partial charge in [0.1, 0.15) is 5.56 Å². The predicted octanol–water partition coefficient (Wildman–Crippen LogP) is 1.33. The van der Waals surface area contributed by atoms with E-state index in [-0.39, 0.29) is 22.9 Å². The number of H-pyrrole nitrogens is 1. The van der Waals surface area contributed by atoms with Crippen LogP contribution in [0.2, 0.25) is 0 Å². The fourth-order valence-electron chi connectivity index (χ4n) is 2.74. The fraction of sp³-hybridized carbons (Fsp3) is 0.600. The molecule has 1 saturated carbocycles. The Labute approximate surface area is 119 Å². The summed E-state index contributed by atoms with van der Waals surface area (Å²) < 4.78 is 0. The van der Waals surface area contributed by atoms with Gasteiger partial charge in [0.25, 0.3) is 5.91 Å². The molecule has 0 spiro atoms. The smallest absolute Gasteiger partial charge is 0.256 e. The van der Waals surface area contributed by atoms with Gasteiger partial charge in [-0.2, -0.15) is 0 Å². The molecule has 1 aliphatic rings. The molecule has 110 valence electrons. The minimum absolute atomic E-state index is 0.179. The van der Waals surface area contributed by atoms with Gasteiger partial charge in [0.05, 0.1) is 0 Å². The van der Waals surface area contributed by atoms with Gasteiger partial charge in [0.15, 0.2) is 5.43 Å². The SMILES string of the molecule is CCNC1CCC(NC(=O)c2c[nH]c(C)cc2=O)CC1. The molecule has 0 saturated heterocycles. The van der Waals surface area contributed by atoms with Gasteiger partial charge in [-0.1, -0.05) is 6.92 Å². The molecule has 0 radical (unpaired) electrons. The Balaban J connectivity index is 1.91. The first-order valence-corrected chi connectivity index (χ1v) is 7.33.